The van der Waals surface area contributed by atoms with Crippen molar-refractivity contribution in [2.75, 3.05) is 17.9 Å². The van der Waals surface area contributed by atoms with Gasteiger partial charge in [-0.25, -0.2) is 4.98 Å². The van der Waals surface area contributed by atoms with Gasteiger partial charge in [-0.2, -0.15) is 5.10 Å². The monoisotopic (exact) mass is 330 g/mol. The van der Waals surface area contributed by atoms with E-state index in [1.807, 2.05) is 11.7 Å². The summed E-state index contributed by atoms with van der Waals surface area (Å²) in [7, 11) is 1.09. The van der Waals surface area contributed by atoms with Gasteiger partial charge in [0.2, 0.25) is 0 Å². The van der Waals surface area contributed by atoms with E-state index in [4.69, 9.17) is 16.6 Å². The van der Waals surface area contributed by atoms with Gasteiger partial charge in [0.15, 0.2) is 5.65 Å². The molecule has 5 nitrogen and oxygen atoms in total. The summed E-state index contributed by atoms with van der Waals surface area (Å²) in [6.45, 7) is 4.22. The van der Waals surface area contributed by atoms with E-state index in [1.54, 1.807) is 6.26 Å². The second kappa shape index (κ2) is 6.92. The van der Waals surface area contributed by atoms with E-state index in [9.17, 15) is 4.21 Å². The molecule has 2 heterocycles. The van der Waals surface area contributed by atoms with Crippen LogP contribution in [-0.4, -0.2) is 41.4 Å². The van der Waals surface area contributed by atoms with Gasteiger partial charge in [0, 0.05) is 48.2 Å². The predicted octanol–water partition coefficient (Wildman–Crippen LogP) is 2.44. The average Bonchev–Trinajstić information content (AvgIpc) is 2.89. The molecule has 2 aromatic heterocycles. The molecule has 2 rings (SSSR count). The zero-order valence-electron chi connectivity index (χ0n) is 13.1. The first-order valence-electron chi connectivity index (χ1n) is 7.28. The Morgan fingerprint density at radius 1 is 1.38 bits per heavy atom. The molecular formula is C14H23ClN4OS. The number of aryl methyl sites for hydroxylation is 3. The molecule has 2 atom stereocenters. The summed E-state index contributed by atoms with van der Waals surface area (Å²) < 4.78 is 15.6. The molecule has 118 valence electrons. The summed E-state index contributed by atoms with van der Waals surface area (Å²) in [5.41, 5.74) is 3.01. The van der Waals surface area contributed by atoms with Crippen LogP contribution in [0.4, 0.5) is 0 Å². The van der Waals surface area contributed by atoms with E-state index in [-0.39, 0.29) is 6.04 Å². The molecule has 0 saturated carbocycles. The first kappa shape index (κ1) is 16.5. The van der Waals surface area contributed by atoms with Crippen molar-refractivity contribution < 1.29 is 4.21 Å². The van der Waals surface area contributed by atoms with Gasteiger partial charge in [0.1, 0.15) is 11.3 Å². The minimum absolute atomic E-state index is 0.115. The van der Waals surface area contributed by atoms with Crippen LogP contribution in [0.3, 0.4) is 0 Å². The van der Waals surface area contributed by atoms with Gasteiger partial charge in [0.25, 0.3) is 0 Å². The lowest BCUT2D eigenvalue weighted by molar-refractivity contribution is 0.568. The molecule has 2 unspecified atom stereocenters. The number of hydrogen-bond acceptors (Lipinski definition) is 3. The van der Waals surface area contributed by atoms with Gasteiger partial charge in [-0.05, 0) is 13.3 Å². The number of hydrogen-bond donors (Lipinski definition) is 0. The van der Waals surface area contributed by atoms with Gasteiger partial charge in [-0.1, -0.05) is 13.3 Å². The lowest BCUT2D eigenvalue weighted by atomic mass is 10.2. The molecule has 0 aliphatic carbocycles. The quantitative estimate of drug-likeness (QED) is 0.733. The summed E-state index contributed by atoms with van der Waals surface area (Å²) in [6, 6.07) is 0.115. The molecule has 0 spiro atoms. The molecule has 0 amide bonds. The van der Waals surface area contributed by atoms with Crippen LogP contribution in [0.25, 0.3) is 11.2 Å². The summed E-state index contributed by atoms with van der Waals surface area (Å²) in [4.78, 5) is 4.77. The van der Waals surface area contributed by atoms with Crippen molar-refractivity contribution in [1.29, 1.82) is 0 Å². The average molecular weight is 331 g/mol. The Morgan fingerprint density at radius 2 is 2.10 bits per heavy atom. The number of halogens is 1. The fourth-order valence-corrected chi connectivity index (χ4v) is 3.79. The Balaban J connectivity index is 2.58. The third-order valence-corrected chi connectivity index (χ3v) is 4.67. The maximum atomic E-state index is 11.6. The van der Waals surface area contributed by atoms with Crippen LogP contribution in [0.15, 0.2) is 0 Å². The number of imidazole rings is 1. The number of nitrogens with zero attached hydrogens (tertiary/aromatic N) is 4. The maximum Gasteiger partial charge on any atom is 0.158 e. The van der Waals surface area contributed by atoms with Crippen molar-refractivity contribution in [2.24, 2.45) is 7.05 Å². The molecule has 0 radical (unpaired) electrons. The molecule has 0 bridgehead atoms. The van der Waals surface area contributed by atoms with Gasteiger partial charge in [-0.3, -0.25) is 8.89 Å². The van der Waals surface area contributed by atoms with Crippen LogP contribution < -0.4 is 0 Å². The Hall–Kier alpha value is -0.880. The van der Waals surface area contributed by atoms with Crippen LogP contribution in [0.1, 0.15) is 37.8 Å². The molecule has 0 aromatic carbocycles. The van der Waals surface area contributed by atoms with Crippen molar-refractivity contribution in [3.05, 3.63) is 11.5 Å². The Morgan fingerprint density at radius 3 is 2.67 bits per heavy atom. The molecule has 2 aromatic rings. The van der Waals surface area contributed by atoms with Crippen LogP contribution >= 0.6 is 11.6 Å². The van der Waals surface area contributed by atoms with E-state index < -0.39 is 10.8 Å². The van der Waals surface area contributed by atoms with Gasteiger partial charge >= 0.3 is 0 Å². The number of rotatable bonds is 7. The largest absolute Gasteiger partial charge is 0.309 e. The number of alkyl halides is 1. The second-order valence-corrected chi connectivity index (χ2v) is 7.28. The normalized spacial score (nSPS) is 14.7. The highest BCUT2D eigenvalue weighted by Crippen LogP contribution is 2.25. The highest BCUT2D eigenvalue weighted by molar-refractivity contribution is 7.84. The van der Waals surface area contributed by atoms with Gasteiger partial charge in [-0.15, -0.1) is 11.6 Å². The van der Waals surface area contributed by atoms with Crippen molar-refractivity contribution >= 4 is 33.6 Å². The summed E-state index contributed by atoms with van der Waals surface area (Å²) in [5.74, 6) is 2.10. The first-order chi connectivity index (χ1) is 9.99. The molecular weight excluding hydrogens is 308 g/mol. The zero-order valence-corrected chi connectivity index (χ0v) is 14.7. The number of aromatic nitrogens is 4. The SMILES string of the molecule is CCCc1nn(C)c2c1nc(CCCl)n2C(C)CS(C)=O. The van der Waals surface area contributed by atoms with E-state index >= 15 is 0 Å². The van der Waals surface area contributed by atoms with E-state index in [0.717, 1.165) is 35.5 Å². The molecule has 21 heavy (non-hydrogen) atoms. The lowest BCUT2D eigenvalue weighted by Crippen LogP contribution is -2.17. The highest BCUT2D eigenvalue weighted by atomic mass is 35.5. The molecule has 0 saturated heterocycles. The second-order valence-electron chi connectivity index (χ2n) is 5.42. The molecule has 7 heteroatoms. The van der Waals surface area contributed by atoms with Crippen molar-refractivity contribution in [2.45, 2.75) is 39.2 Å². The van der Waals surface area contributed by atoms with Crippen molar-refractivity contribution in [1.82, 2.24) is 19.3 Å². The standard InChI is InChI=1S/C14H23ClN4OS/c1-5-6-11-13-14(18(3)17-11)19(10(2)9-21(4)20)12(16-13)7-8-15/h10H,5-9H2,1-4H3. The molecule has 0 aliphatic heterocycles. The fraction of sp³-hybridized carbons (Fsp3) is 0.714. The van der Waals surface area contributed by atoms with E-state index in [0.29, 0.717) is 18.1 Å². The van der Waals surface area contributed by atoms with Gasteiger partial charge in [0.05, 0.1) is 5.69 Å². The molecule has 0 N–H and O–H groups in total. The lowest BCUT2D eigenvalue weighted by Gasteiger charge is -2.16. The van der Waals surface area contributed by atoms with Crippen molar-refractivity contribution in [3.63, 3.8) is 0 Å². The number of fused-ring (bicyclic) bond motifs is 1. The van der Waals surface area contributed by atoms with Crippen LogP contribution in [-0.2, 0) is 30.7 Å². The van der Waals surface area contributed by atoms with Gasteiger partial charge < -0.3 is 4.57 Å². The topological polar surface area (TPSA) is 52.7 Å². The third kappa shape index (κ3) is 3.31. The maximum absolute atomic E-state index is 11.6. The molecule has 0 aliphatic rings. The van der Waals surface area contributed by atoms with Crippen LogP contribution in [0.5, 0.6) is 0 Å². The van der Waals surface area contributed by atoms with Crippen LogP contribution in [0, 0.1) is 0 Å². The smallest absolute Gasteiger partial charge is 0.158 e. The highest BCUT2D eigenvalue weighted by Gasteiger charge is 2.22. The fourth-order valence-electron chi connectivity index (χ4n) is 2.79. The van der Waals surface area contributed by atoms with E-state index in [1.165, 1.54) is 0 Å². The Kier molecular flexibility index (Phi) is 5.43. The summed E-state index contributed by atoms with van der Waals surface area (Å²) >= 11 is 5.92. The molecule has 0 fully saturated rings. The first-order valence-corrected chi connectivity index (χ1v) is 9.54. The Labute approximate surface area is 133 Å². The zero-order chi connectivity index (χ0) is 15.6. The summed E-state index contributed by atoms with van der Waals surface area (Å²) in [6.07, 6.45) is 4.40. The van der Waals surface area contributed by atoms with Crippen molar-refractivity contribution in [3.8, 4) is 0 Å². The minimum Gasteiger partial charge on any atom is -0.309 e. The van der Waals surface area contributed by atoms with Crippen LogP contribution in [0.2, 0.25) is 0 Å². The summed E-state index contributed by atoms with van der Waals surface area (Å²) in [5, 5.41) is 4.59. The third-order valence-electron chi connectivity index (χ3n) is 3.53. The minimum atomic E-state index is -0.850. The predicted molar refractivity (Wildman–Crippen MR) is 88.6 cm³/mol. The van der Waals surface area contributed by atoms with E-state index in [2.05, 4.69) is 23.5 Å². The Bertz CT molecular complexity index is 649.